The van der Waals surface area contributed by atoms with Gasteiger partial charge in [0.05, 0.1) is 6.61 Å². The summed E-state index contributed by atoms with van der Waals surface area (Å²) >= 11 is 0. The highest BCUT2D eigenvalue weighted by molar-refractivity contribution is 6.04. The van der Waals surface area contributed by atoms with Gasteiger partial charge in [-0.25, -0.2) is 0 Å². The number of nitrogens with one attached hydrogen (secondary N) is 1. The first kappa shape index (κ1) is 17.1. The molecule has 4 rings (SSSR count). The van der Waals surface area contributed by atoms with Crippen molar-refractivity contribution in [3.8, 4) is 5.75 Å². The second-order valence-electron chi connectivity index (χ2n) is 7.25. The second kappa shape index (κ2) is 7.12. The number of anilines is 1. The molecule has 0 aromatic heterocycles. The number of amides is 1. The molecule has 0 saturated heterocycles. The molecule has 4 nitrogen and oxygen atoms in total. The highest BCUT2D eigenvalue weighted by atomic mass is 16.5. The number of benzene rings is 2. The Hall–Kier alpha value is -2.33. The van der Waals surface area contributed by atoms with Gasteiger partial charge in [-0.3, -0.25) is 9.69 Å². The van der Waals surface area contributed by atoms with E-state index in [-0.39, 0.29) is 5.91 Å². The highest BCUT2D eigenvalue weighted by Gasteiger charge is 2.23. The first-order valence-corrected chi connectivity index (χ1v) is 9.59. The molecule has 0 radical (unpaired) electrons. The van der Waals surface area contributed by atoms with Crippen molar-refractivity contribution in [3.63, 3.8) is 0 Å². The van der Waals surface area contributed by atoms with Crippen molar-refractivity contribution in [1.82, 2.24) is 4.90 Å². The number of rotatable bonds is 4. The van der Waals surface area contributed by atoms with E-state index < -0.39 is 0 Å². The highest BCUT2D eigenvalue weighted by Crippen LogP contribution is 2.32. The SMILES string of the molecule is CCCN1CCc2ccc(NC(=O)c3ccc4c(c3)CCO4)cc2C1C. The number of hydrogen-bond donors (Lipinski definition) is 1. The monoisotopic (exact) mass is 350 g/mol. The Morgan fingerprint density at radius 2 is 2.08 bits per heavy atom. The Bertz CT molecular complexity index is 831. The molecule has 4 heteroatoms. The minimum absolute atomic E-state index is 0.0615. The minimum Gasteiger partial charge on any atom is -0.493 e. The summed E-state index contributed by atoms with van der Waals surface area (Å²) in [5.74, 6) is 0.841. The van der Waals surface area contributed by atoms with Gasteiger partial charge in [-0.05, 0) is 73.3 Å². The lowest BCUT2D eigenvalue weighted by Gasteiger charge is -2.35. The van der Waals surface area contributed by atoms with E-state index in [1.165, 1.54) is 11.1 Å². The number of fused-ring (bicyclic) bond motifs is 2. The van der Waals surface area contributed by atoms with Gasteiger partial charge in [0.2, 0.25) is 0 Å². The molecule has 0 aliphatic carbocycles. The average Bonchev–Trinajstić information content (AvgIpc) is 3.12. The van der Waals surface area contributed by atoms with Crippen LogP contribution in [0.25, 0.3) is 0 Å². The van der Waals surface area contributed by atoms with E-state index >= 15 is 0 Å². The molecule has 26 heavy (non-hydrogen) atoms. The van der Waals surface area contributed by atoms with Gasteiger partial charge in [-0.2, -0.15) is 0 Å². The maximum Gasteiger partial charge on any atom is 0.255 e. The van der Waals surface area contributed by atoms with Crippen LogP contribution in [0.15, 0.2) is 36.4 Å². The van der Waals surface area contributed by atoms with E-state index in [0.29, 0.717) is 18.2 Å². The quantitative estimate of drug-likeness (QED) is 0.898. The molecule has 2 aliphatic rings. The van der Waals surface area contributed by atoms with Crippen LogP contribution in [0.5, 0.6) is 5.75 Å². The lowest BCUT2D eigenvalue weighted by molar-refractivity contribution is 0.102. The van der Waals surface area contributed by atoms with Crippen molar-refractivity contribution < 1.29 is 9.53 Å². The Morgan fingerprint density at radius 3 is 2.92 bits per heavy atom. The Kier molecular flexibility index (Phi) is 4.68. The number of hydrogen-bond acceptors (Lipinski definition) is 3. The van der Waals surface area contributed by atoms with E-state index in [1.54, 1.807) is 0 Å². The van der Waals surface area contributed by atoms with Crippen molar-refractivity contribution in [1.29, 1.82) is 0 Å². The van der Waals surface area contributed by atoms with Crippen LogP contribution in [0.1, 0.15) is 53.4 Å². The molecular formula is C22H26N2O2. The maximum atomic E-state index is 12.7. The predicted molar refractivity (Wildman–Crippen MR) is 104 cm³/mol. The molecule has 0 saturated carbocycles. The summed E-state index contributed by atoms with van der Waals surface area (Å²) in [6.45, 7) is 7.43. The van der Waals surface area contributed by atoms with Gasteiger partial charge in [0.15, 0.2) is 0 Å². The number of carbonyl (C=O) groups excluding carboxylic acids is 1. The van der Waals surface area contributed by atoms with Gasteiger partial charge in [-0.1, -0.05) is 13.0 Å². The number of carbonyl (C=O) groups is 1. The minimum atomic E-state index is -0.0615. The lowest BCUT2D eigenvalue weighted by Crippen LogP contribution is -2.34. The van der Waals surface area contributed by atoms with Crippen molar-refractivity contribution in [2.75, 3.05) is 25.0 Å². The average molecular weight is 350 g/mol. The van der Waals surface area contributed by atoms with E-state index in [1.807, 2.05) is 24.3 Å². The van der Waals surface area contributed by atoms with Crippen molar-refractivity contribution >= 4 is 11.6 Å². The Morgan fingerprint density at radius 1 is 1.19 bits per heavy atom. The molecular weight excluding hydrogens is 324 g/mol. The number of ether oxygens (including phenoxy) is 1. The fraction of sp³-hybridized carbons (Fsp3) is 0.409. The molecule has 0 fully saturated rings. The van der Waals surface area contributed by atoms with E-state index in [2.05, 4.69) is 36.2 Å². The van der Waals surface area contributed by atoms with Crippen LogP contribution in [0.3, 0.4) is 0 Å². The van der Waals surface area contributed by atoms with Crippen LogP contribution in [0.2, 0.25) is 0 Å². The first-order valence-electron chi connectivity index (χ1n) is 9.59. The topological polar surface area (TPSA) is 41.6 Å². The molecule has 1 unspecified atom stereocenters. The van der Waals surface area contributed by atoms with E-state index in [9.17, 15) is 4.79 Å². The molecule has 136 valence electrons. The summed E-state index contributed by atoms with van der Waals surface area (Å²) in [5.41, 5.74) is 5.41. The van der Waals surface area contributed by atoms with E-state index in [0.717, 1.165) is 49.4 Å². The largest absolute Gasteiger partial charge is 0.493 e. The zero-order valence-electron chi connectivity index (χ0n) is 15.5. The molecule has 0 spiro atoms. The summed E-state index contributed by atoms with van der Waals surface area (Å²) in [6, 6.07) is 12.4. The van der Waals surface area contributed by atoms with Crippen LogP contribution in [0.4, 0.5) is 5.69 Å². The zero-order valence-corrected chi connectivity index (χ0v) is 15.5. The Balaban J connectivity index is 1.53. The Labute approximate surface area is 155 Å². The summed E-state index contributed by atoms with van der Waals surface area (Å²) in [6.07, 6.45) is 3.12. The molecule has 2 aliphatic heterocycles. The van der Waals surface area contributed by atoms with Crippen molar-refractivity contribution in [2.24, 2.45) is 0 Å². The third kappa shape index (κ3) is 3.21. The van der Waals surface area contributed by atoms with Crippen LogP contribution in [0, 0.1) is 0 Å². The third-order valence-corrected chi connectivity index (χ3v) is 5.53. The lowest BCUT2D eigenvalue weighted by atomic mass is 9.93. The third-order valence-electron chi connectivity index (χ3n) is 5.53. The van der Waals surface area contributed by atoms with Crippen molar-refractivity contribution in [3.05, 3.63) is 58.7 Å². The van der Waals surface area contributed by atoms with Crippen molar-refractivity contribution in [2.45, 2.75) is 39.2 Å². The molecule has 1 atom stereocenters. The molecule has 1 N–H and O–H groups in total. The summed E-state index contributed by atoms with van der Waals surface area (Å²) in [5, 5.41) is 3.07. The molecule has 1 amide bonds. The van der Waals surface area contributed by atoms with Crippen LogP contribution in [-0.4, -0.2) is 30.5 Å². The fourth-order valence-corrected chi connectivity index (χ4v) is 4.07. The van der Waals surface area contributed by atoms with Crippen LogP contribution in [-0.2, 0) is 12.8 Å². The maximum absolute atomic E-state index is 12.7. The van der Waals surface area contributed by atoms with Gasteiger partial charge in [-0.15, -0.1) is 0 Å². The van der Waals surface area contributed by atoms with Crippen LogP contribution < -0.4 is 10.1 Å². The van der Waals surface area contributed by atoms with E-state index in [4.69, 9.17) is 4.74 Å². The molecule has 2 aromatic rings. The summed E-state index contributed by atoms with van der Waals surface area (Å²) in [4.78, 5) is 15.2. The van der Waals surface area contributed by atoms with Gasteiger partial charge >= 0.3 is 0 Å². The van der Waals surface area contributed by atoms with Gasteiger partial charge in [0, 0.05) is 30.3 Å². The van der Waals surface area contributed by atoms with Gasteiger partial charge < -0.3 is 10.1 Å². The standard InChI is InChI=1S/C22H26N2O2/c1-3-10-24-11-8-16-4-6-19(14-20(16)15(24)2)23-22(25)18-5-7-21-17(13-18)9-12-26-21/h4-7,13-15H,3,8-12H2,1-2H3,(H,23,25). The predicted octanol–water partition coefficient (Wildman–Crippen LogP) is 4.20. The summed E-state index contributed by atoms with van der Waals surface area (Å²) in [7, 11) is 0. The smallest absolute Gasteiger partial charge is 0.255 e. The molecule has 2 heterocycles. The van der Waals surface area contributed by atoms with Gasteiger partial charge in [0.1, 0.15) is 5.75 Å². The van der Waals surface area contributed by atoms with Crippen LogP contribution >= 0.6 is 0 Å². The molecule has 2 aromatic carbocycles. The zero-order chi connectivity index (χ0) is 18.1. The second-order valence-corrected chi connectivity index (χ2v) is 7.25. The summed E-state index contributed by atoms with van der Waals surface area (Å²) < 4.78 is 5.52. The van der Waals surface area contributed by atoms with Gasteiger partial charge in [0.25, 0.3) is 5.91 Å². The fourth-order valence-electron chi connectivity index (χ4n) is 4.07. The normalized spacial score (nSPS) is 18.8. The molecule has 0 bridgehead atoms. The first-order chi connectivity index (χ1) is 12.7. The number of nitrogens with zero attached hydrogens (tertiary/aromatic N) is 1.